The fourth-order valence-corrected chi connectivity index (χ4v) is 5.69. The van der Waals surface area contributed by atoms with Crippen LogP contribution in [0, 0.1) is 29.6 Å². The van der Waals surface area contributed by atoms with Crippen molar-refractivity contribution in [2.75, 3.05) is 6.54 Å². The molecule has 0 radical (unpaired) electrons. The fourth-order valence-electron chi connectivity index (χ4n) is 5.69. The minimum Gasteiger partial charge on any atom is -0.365 e. The zero-order valence-corrected chi connectivity index (χ0v) is 11.0. The molecule has 2 nitrogen and oxygen atoms in total. The molecular weight excluding hydrogens is 220 g/mol. The molecule has 4 saturated carbocycles. The highest BCUT2D eigenvalue weighted by Crippen LogP contribution is 2.59. The second kappa shape index (κ2) is 4.12. The van der Waals surface area contributed by atoms with Gasteiger partial charge in [-0.3, -0.25) is 0 Å². The minimum atomic E-state index is 0.579. The molecule has 1 unspecified atom stereocenters. The number of nitrogens with two attached hydrogens (primary N) is 1. The van der Waals surface area contributed by atoms with Gasteiger partial charge in [0, 0.05) is 24.4 Å². The van der Waals surface area contributed by atoms with E-state index in [1.54, 1.807) is 0 Å². The third-order valence-corrected chi connectivity index (χ3v) is 6.04. The van der Waals surface area contributed by atoms with Gasteiger partial charge in [-0.15, -0.1) is 0 Å². The number of H-pyrrole nitrogens is 1. The number of rotatable bonds is 3. The molecule has 4 bridgehead atoms. The zero-order chi connectivity index (χ0) is 12.1. The van der Waals surface area contributed by atoms with Gasteiger partial charge in [0.15, 0.2) is 0 Å². The number of aromatic amines is 1. The topological polar surface area (TPSA) is 41.8 Å². The Bertz CT molecular complexity index is 381. The Morgan fingerprint density at radius 2 is 1.78 bits per heavy atom. The summed E-state index contributed by atoms with van der Waals surface area (Å²) < 4.78 is 0. The maximum Gasteiger partial charge on any atom is 0.0194 e. The maximum atomic E-state index is 6.12. The van der Waals surface area contributed by atoms with E-state index in [1.807, 2.05) is 6.20 Å². The summed E-state index contributed by atoms with van der Waals surface area (Å²) in [6, 6.07) is 4.36. The van der Waals surface area contributed by atoms with Gasteiger partial charge in [0.1, 0.15) is 0 Å². The molecule has 98 valence electrons. The molecular formula is C16H24N2. The second-order valence-electron chi connectivity index (χ2n) is 6.98. The van der Waals surface area contributed by atoms with Crippen molar-refractivity contribution < 1.29 is 0 Å². The van der Waals surface area contributed by atoms with E-state index in [1.165, 1.54) is 37.8 Å². The molecule has 18 heavy (non-hydrogen) atoms. The van der Waals surface area contributed by atoms with Crippen molar-refractivity contribution in [2.45, 2.75) is 38.0 Å². The number of hydrogen-bond acceptors (Lipinski definition) is 1. The number of hydrogen-bond donors (Lipinski definition) is 2. The van der Waals surface area contributed by atoms with E-state index in [0.717, 1.165) is 36.1 Å². The van der Waals surface area contributed by atoms with Gasteiger partial charge in [-0.1, -0.05) is 0 Å². The summed E-state index contributed by atoms with van der Waals surface area (Å²) in [5, 5.41) is 0. The molecule has 1 aromatic rings. The van der Waals surface area contributed by atoms with Crippen molar-refractivity contribution in [1.29, 1.82) is 0 Å². The highest BCUT2D eigenvalue weighted by molar-refractivity contribution is 5.15. The van der Waals surface area contributed by atoms with E-state index in [2.05, 4.69) is 17.1 Å². The quantitative estimate of drug-likeness (QED) is 0.842. The van der Waals surface area contributed by atoms with Crippen molar-refractivity contribution >= 4 is 0 Å². The summed E-state index contributed by atoms with van der Waals surface area (Å²) in [6.07, 6.45) is 9.57. The predicted octanol–water partition coefficient (Wildman–Crippen LogP) is 3.13. The van der Waals surface area contributed by atoms with Gasteiger partial charge in [0.25, 0.3) is 0 Å². The first-order valence-corrected chi connectivity index (χ1v) is 7.68. The molecule has 4 fully saturated rings. The number of aromatic nitrogens is 1. The molecule has 1 aromatic heterocycles. The van der Waals surface area contributed by atoms with Crippen LogP contribution in [0.25, 0.3) is 0 Å². The smallest absolute Gasteiger partial charge is 0.0194 e. The zero-order valence-electron chi connectivity index (χ0n) is 11.0. The highest BCUT2D eigenvalue weighted by Gasteiger charge is 2.50. The highest BCUT2D eigenvalue weighted by atomic mass is 14.7. The Kier molecular flexibility index (Phi) is 2.54. The van der Waals surface area contributed by atoms with Gasteiger partial charge >= 0.3 is 0 Å². The van der Waals surface area contributed by atoms with Crippen molar-refractivity contribution in [3.63, 3.8) is 0 Å². The maximum absolute atomic E-state index is 6.12. The summed E-state index contributed by atoms with van der Waals surface area (Å²) in [5.74, 6) is 5.50. The first-order valence-electron chi connectivity index (χ1n) is 7.68. The Hall–Kier alpha value is -0.760. The molecule has 1 heterocycles. The molecule has 4 aliphatic carbocycles. The van der Waals surface area contributed by atoms with Gasteiger partial charge in [-0.2, -0.15) is 0 Å². The van der Waals surface area contributed by atoms with Gasteiger partial charge in [0.2, 0.25) is 0 Å². The van der Waals surface area contributed by atoms with Crippen LogP contribution < -0.4 is 5.73 Å². The second-order valence-corrected chi connectivity index (χ2v) is 6.98. The van der Waals surface area contributed by atoms with Gasteiger partial charge in [0.05, 0.1) is 0 Å². The summed E-state index contributed by atoms with van der Waals surface area (Å²) in [4.78, 5) is 3.42. The molecule has 0 aliphatic heterocycles. The predicted molar refractivity (Wildman–Crippen MR) is 73.1 cm³/mol. The summed E-state index contributed by atoms with van der Waals surface area (Å²) in [6.45, 7) is 0.813. The Morgan fingerprint density at radius 1 is 1.11 bits per heavy atom. The first kappa shape index (κ1) is 11.1. The van der Waals surface area contributed by atoms with Crippen LogP contribution in [0.2, 0.25) is 0 Å². The van der Waals surface area contributed by atoms with Crippen LogP contribution in [0.4, 0.5) is 0 Å². The largest absolute Gasteiger partial charge is 0.365 e. The van der Waals surface area contributed by atoms with Gasteiger partial charge in [-0.05, 0) is 73.8 Å². The molecule has 5 rings (SSSR count). The van der Waals surface area contributed by atoms with Crippen LogP contribution in [0.5, 0.6) is 0 Å². The van der Waals surface area contributed by atoms with Gasteiger partial charge in [-0.25, -0.2) is 0 Å². The van der Waals surface area contributed by atoms with E-state index in [0.29, 0.717) is 5.92 Å². The van der Waals surface area contributed by atoms with E-state index in [-0.39, 0.29) is 0 Å². The van der Waals surface area contributed by atoms with E-state index in [4.69, 9.17) is 5.73 Å². The lowest BCUT2D eigenvalue weighted by Gasteiger charge is -2.56. The van der Waals surface area contributed by atoms with Crippen LogP contribution in [0.3, 0.4) is 0 Å². The lowest BCUT2D eigenvalue weighted by atomic mass is 9.49. The third-order valence-electron chi connectivity index (χ3n) is 6.04. The molecule has 0 amide bonds. The van der Waals surface area contributed by atoms with Crippen LogP contribution in [-0.2, 0) is 0 Å². The first-order chi connectivity index (χ1) is 8.85. The molecule has 0 saturated heterocycles. The third kappa shape index (κ3) is 1.58. The Balaban J connectivity index is 1.64. The monoisotopic (exact) mass is 244 g/mol. The Morgan fingerprint density at radius 3 is 2.28 bits per heavy atom. The van der Waals surface area contributed by atoms with Crippen LogP contribution >= 0.6 is 0 Å². The van der Waals surface area contributed by atoms with Crippen LogP contribution in [-0.4, -0.2) is 11.5 Å². The number of nitrogens with one attached hydrogen (secondary N) is 1. The van der Waals surface area contributed by atoms with Crippen molar-refractivity contribution in [3.05, 3.63) is 24.0 Å². The molecule has 0 aromatic carbocycles. The Labute approximate surface area is 109 Å². The lowest BCUT2D eigenvalue weighted by Crippen LogP contribution is -2.48. The van der Waals surface area contributed by atoms with E-state index < -0.39 is 0 Å². The minimum absolute atomic E-state index is 0.579. The normalized spacial score (nSPS) is 43.3. The summed E-state index contributed by atoms with van der Waals surface area (Å²) in [5.41, 5.74) is 7.51. The van der Waals surface area contributed by atoms with Crippen molar-refractivity contribution in [3.8, 4) is 0 Å². The average molecular weight is 244 g/mol. The van der Waals surface area contributed by atoms with Crippen molar-refractivity contribution in [1.82, 2.24) is 4.98 Å². The van der Waals surface area contributed by atoms with Crippen LogP contribution in [0.15, 0.2) is 18.3 Å². The summed E-state index contributed by atoms with van der Waals surface area (Å²) >= 11 is 0. The van der Waals surface area contributed by atoms with Gasteiger partial charge < -0.3 is 10.7 Å². The SMILES string of the molecule is NCC(c1ccc[nH]1)C1C2CC3CC(C2)CC1C3. The molecule has 2 heteroatoms. The molecule has 3 N–H and O–H groups in total. The molecule has 0 spiro atoms. The van der Waals surface area contributed by atoms with E-state index >= 15 is 0 Å². The average Bonchev–Trinajstić information content (AvgIpc) is 2.86. The lowest BCUT2D eigenvalue weighted by molar-refractivity contribution is -0.0472. The molecule has 4 aliphatic rings. The van der Waals surface area contributed by atoms with E-state index in [9.17, 15) is 0 Å². The van der Waals surface area contributed by atoms with Crippen molar-refractivity contribution in [2.24, 2.45) is 35.3 Å². The molecule has 1 atom stereocenters. The van der Waals surface area contributed by atoms with Crippen LogP contribution in [0.1, 0.15) is 43.7 Å². The summed E-state index contributed by atoms with van der Waals surface area (Å²) in [7, 11) is 0. The standard InChI is InChI=1S/C16H24N2/c17-9-14(15-2-1-3-18-15)16-12-5-10-4-11(7-12)8-13(16)6-10/h1-3,10-14,16,18H,4-9,17H2. The fraction of sp³-hybridized carbons (Fsp3) is 0.750.